The molecule has 0 saturated carbocycles. The minimum atomic E-state index is -0.684. The lowest BCUT2D eigenvalue weighted by molar-refractivity contribution is -0.143. The monoisotopic (exact) mass is 361 g/mol. The zero-order valence-corrected chi connectivity index (χ0v) is 15.9. The highest BCUT2D eigenvalue weighted by atomic mass is 16.5. The Bertz CT molecular complexity index is 644. The van der Waals surface area contributed by atoms with Crippen LogP contribution < -0.4 is 5.32 Å². The van der Waals surface area contributed by atoms with Gasteiger partial charge < -0.3 is 14.8 Å². The Morgan fingerprint density at radius 3 is 2.15 bits per heavy atom. The Balaban J connectivity index is 2.72. The molecule has 0 aliphatic carbocycles. The second-order valence-corrected chi connectivity index (χ2v) is 7.14. The van der Waals surface area contributed by atoms with Crippen LogP contribution in [0.25, 0.3) is 0 Å². The van der Waals surface area contributed by atoms with Gasteiger partial charge in [-0.1, -0.05) is 51.1 Å². The number of hydrogen-bond donors (Lipinski definition) is 1. The SMILES string of the molecule is CC(C)OC(=O)/C=C/C(=O)OCC(NC(=O)C(C)(C)C)c1ccccc1. The summed E-state index contributed by atoms with van der Waals surface area (Å²) in [4.78, 5) is 35.5. The maximum absolute atomic E-state index is 12.3. The second kappa shape index (κ2) is 9.75. The van der Waals surface area contributed by atoms with Crippen LogP contribution in [0.4, 0.5) is 0 Å². The summed E-state index contributed by atoms with van der Waals surface area (Å²) < 4.78 is 10.1. The number of amides is 1. The summed E-state index contributed by atoms with van der Waals surface area (Å²) in [5.41, 5.74) is 0.249. The van der Waals surface area contributed by atoms with Crippen molar-refractivity contribution in [3.8, 4) is 0 Å². The van der Waals surface area contributed by atoms with Gasteiger partial charge in [0.2, 0.25) is 5.91 Å². The van der Waals surface area contributed by atoms with E-state index >= 15 is 0 Å². The molecule has 0 spiro atoms. The largest absolute Gasteiger partial charge is 0.460 e. The van der Waals surface area contributed by atoms with Crippen molar-refractivity contribution in [3.05, 3.63) is 48.0 Å². The molecule has 1 atom stereocenters. The van der Waals surface area contributed by atoms with E-state index in [2.05, 4.69) is 5.32 Å². The van der Waals surface area contributed by atoms with Crippen molar-refractivity contribution in [2.24, 2.45) is 5.41 Å². The number of benzene rings is 1. The topological polar surface area (TPSA) is 81.7 Å². The highest BCUT2D eigenvalue weighted by Crippen LogP contribution is 2.18. The summed E-state index contributed by atoms with van der Waals surface area (Å²) in [6, 6.07) is 8.75. The van der Waals surface area contributed by atoms with Crippen LogP contribution in [0.15, 0.2) is 42.5 Å². The summed E-state index contributed by atoms with van der Waals surface area (Å²) in [5.74, 6) is -1.45. The molecular formula is C20H27NO5. The van der Waals surface area contributed by atoms with E-state index in [1.54, 1.807) is 34.6 Å². The molecular weight excluding hydrogens is 334 g/mol. The van der Waals surface area contributed by atoms with Gasteiger partial charge in [0, 0.05) is 17.6 Å². The van der Waals surface area contributed by atoms with Gasteiger partial charge in [-0.15, -0.1) is 0 Å². The molecule has 0 radical (unpaired) electrons. The number of nitrogens with one attached hydrogen (secondary N) is 1. The molecule has 0 saturated heterocycles. The van der Waals surface area contributed by atoms with Crippen molar-refractivity contribution in [2.45, 2.75) is 46.8 Å². The molecule has 0 bridgehead atoms. The molecule has 26 heavy (non-hydrogen) atoms. The number of esters is 2. The van der Waals surface area contributed by atoms with Crippen LogP contribution in [-0.4, -0.2) is 30.6 Å². The Labute approximate surface area is 154 Å². The van der Waals surface area contributed by atoms with Crippen molar-refractivity contribution in [3.63, 3.8) is 0 Å². The molecule has 1 unspecified atom stereocenters. The van der Waals surface area contributed by atoms with Gasteiger partial charge in [-0.2, -0.15) is 0 Å². The fourth-order valence-corrected chi connectivity index (χ4v) is 1.90. The minimum absolute atomic E-state index is 0.0474. The second-order valence-electron chi connectivity index (χ2n) is 7.14. The average molecular weight is 361 g/mol. The third kappa shape index (κ3) is 7.96. The first-order chi connectivity index (χ1) is 12.1. The molecule has 0 heterocycles. The molecule has 1 rings (SSSR count). The lowest BCUT2D eigenvalue weighted by Crippen LogP contribution is -2.39. The van der Waals surface area contributed by atoms with Crippen LogP contribution in [0.2, 0.25) is 0 Å². The van der Waals surface area contributed by atoms with Gasteiger partial charge in [-0.05, 0) is 19.4 Å². The Hall–Kier alpha value is -2.63. The lowest BCUT2D eigenvalue weighted by Gasteiger charge is -2.24. The van der Waals surface area contributed by atoms with E-state index in [9.17, 15) is 14.4 Å². The van der Waals surface area contributed by atoms with Crippen LogP contribution in [-0.2, 0) is 23.9 Å². The maximum atomic E-state index is 12.3. The van der Waals surface area contributed by atoms with Crippen molar-refractivity contribution in [1.82, 2.24) is 5.32 Å². The standard InChI is InChI=1S/C20H27NO5/c1-14(2)26-18(23)12-11-17(22)25-13-16(15-9-7-6-8-10-15)21-19(24)20(3,4)5/h6-12,14,16H,13H2,1-5H3,(H,21,24)/b12-11+. The van der Waals surface area contributed by atoms with E-state index in [4.69, 9.17) is 9.47 Å². The third-order valence-corrected chi connectivity index (χ3v) is 3.29. The van der Waals surface area contributed by atoms with Crippen LogP contribution in [0.5, 0.6) is 0 Å². The first kappa shape index (κ1) is 21.4. The average Bonchev–Trinajstić information content (AvgIpc) is 2.55. The lowest BCUT2D eigenvalue weighted by atomic mass is 9.94. The number of rotatable bonds is 7. The first-order valence-electron chi connectivity index (χ1n) is 8.51. The summed E-state index contributed by atoms with van der Waals surface area (Å²) in [7, 11) is 0. The zero-order valence-electron chi connectivity index (χ0n) is 15.9. The van der Waals surface area contributed by atoms with Gasteiger partial charge in [-0.25, -0.2) is 9.59 Å². The van der Waals surface area contributed by atoms with E-state index in [1.807, 2.05) is 30.3 Å². The number of carbonyl (C=O) groups is 3. The van der Waals surface area contributed by atoms with Gasteiger partial charge in [0.25, 0.3) is 0 Å². The van der Waals surface area contributed by atoms with E-state index in [-0.39, 0.29) is 18.6 Å². The highest BCUT2D eigenvalue weighted by Gasteiger charge is 2.25. The summed E-state index contributed by atoms with van der Waals surface area (Å²) >= 11 is 0. The summed E-state index contributed by atoms with van der Waals surface area (Å²) in [6.07, 6.45) is 1.77. The van der Waals surface area contributed by atoms with E-state index < -0.39 is 23.4 Å². The number of ether oxygens (including phenoxy) is 2. The number of hydrogen-bond acceptors (Lipinski definition) is 5. The third-order valence-electron chi connectivity index (χ3n) is 3.29. The quantitative estimate of drug-likeness (QED) is 0.596. The summed E-state index contributed by atoms with van der Waals surface area (Å²) in [5, 5.41) is 2.89. The van der Waals surface area contributed by atoms with Gasteiger partial charge in [0.15, 0.2) is 0 Å². The molecule has 1 N–H and O–H groups in total. The van der Waals surface area contributed by atoms with Crippen molar-refractivity contribution in [2.75, 3.05) is 6.61 Å². The molecule has 1 aromatic rings. The normalized spacial score (nSPS) is 12.7. The molecule has 0 aromatic heterocycles. The van der Waals surface area contributed by atoms with Gasteiger partial charge >= 0.3 is 11.9 Å². The first-order valence-corrected chi connectivity index (χ1v) is 8.51. The van der Waals surface area contributed by atoms with Gasteiger partial charge in [0.05, 0.1) is 12.1 Å². The van der Waals surface area contributed by atoms with Crippen molar-refractivity contribution >= 4 is 17.8 Å². The zero-order chi connectivity index (χ0) is 19.7. The van der Waals surface area contributed by atoms with Crippen LogP contribution >= 0.6 is 0 Å². The summed E-state index contributed by atoms with van der Waals surface area (Å²) in [6.45, 7) is 8.80. The van der Waals surface area contributed by atoms with E-state index in [0.717, 1.165) is 17.7 Å². The van der Waals surface area contributed by atoms with Crippen LogP contribution in [0.1, 0.15) is 46.2 Å². The Morgan fingerprint density at radius 2 is 1.62 bits per heavy atom. The Kier molecular flexibility index (Phi) is 8.03. The molecule has 1 aromatic carbocycles. The van der Waals surface area contributed by atoms with Crippen molar-refractivity contribution < 1.29 is 23.9 Å². The molecule has 1 amide bonds. The smallest absolute Gasteiger partial charge is 0.331 e. The van der Waals surface area contributed by atoms with Crippen molar-refractivity contribution in [1.29, 1.82) is 0 Å². The molecule has 0 aliphatic heterocycles. The fourth-order valence-electron chi connectivity index (χ4n) is 1.90. The fraction of sp³-hybridized carbons (Fsp3) is 0.450. The predicted molar refractivity (Wildman–Crippen MR) is 98.1 cm³/mol. The molecule has 6 heteroatoms. The van der Waals surface area contributed by atoms with Crippen LogP contribution in [0.3, 0.4) is 0 Å². The maximum Gasteiger partial charge on any atom is 0.331 e. The minimum Gasteiger partial charge on any atom is -0.460 e. The van der Waals surface area contributed by atoms with Gasteiger partial charge in [0.1, 0.15) is 6.61 Å². The Morgan fingerprint density at radius 1 is 1.04 bits per heavy atom. The van der Waals surface area contributed by atoms with Crippen LogP contribution in [0, 0.1) is 5.41 Å². The molecule has 142 valence electrons. The predicted octanol–water partition coefficient (Wildman–Crippen LogP) is 2.94. The van der Waals surface area contributed by atoms with E-state index in [1.165, 1.54) is 0 Å². The highest BCUT2D eigenvalue weighted by molar-refractivity contribution is 5.91. The number of carbonyl (C=O) groups excluding carboxylic acids is 3. The molecule has 0 fully saturated rings. The van der Waals surface area contributed by atoms with E-state index in [0.29, 0.717) is 0 Å². The van der Waals surface area contributed by atoms with Gasteiger partial charge in [-0.3, -0.25) is 4.79 Å². The molecule has 6 nitrogen and oxygen atoms in total. The molecule has 0 aliphatic rings.